The number of phenols is 1. The zero-order chi connectivity index (χ0) is 16.1. The van der Waals surface area contributed by atoms with E-state index in [1.165, 1.54) is 12.1 Å². The van der Waals surface area contributed by atoms with E-state index >= 15 is 0 Å². The Hall–Kier alpha value is -2.88. The summed E-state index contributed by atoms with van der Waals surface area (Å²) >= 11 is 0. The van der Waals surface area contributed by atoms with Crippen LogP contribution in [0.5, 0.6) is 11.5 Å². The van der Waals surface area contributed by atoms with E-state index in [4.69, 9.17) is 4.74 Å². The largest absolute Gasteiger partial charge is 0.504 e. The van der Waals surface area contributed by atoms with E-state index < -0.39 is 6.10 Å². The summed E-state index contributed by atoms with van der Waals surface area (Å²) in [5.41, 5.74) is 0.590. The number of phenolic OH excluding ortho intramolecular Hbond substituents is 1. The molecule has 4 nitrogen and oxygen atoms in total. The average molecular weight is 296 g/mol. The molecule has 2 aromatic rings. The molecule has 4 heteroatoms. The van der Waals surface area contributed by atoms with Gasteiger partial charge in [-0.3, -0.25) is 9.59 Å². The predicted octanol–water partition coefficient (Wildman–Crippen LogP) is 3.15. The summed E-state index contributed by atoms with van der Waals surface area (Å²) in [6.07, 6.45) is 0.367. The zero-order valence-electron chi connectivity index (χ0n) is 12.2. The highest BCUT2D eigenvalue weighted by molar-refractivity contribution is 6.11. The molecule has 1 N–H and O–H groups in total. The van der Waals surface area contributed by atoms with Gasteiger partial charge in [-0.25, -0.2) is 0 Å². The lowest BCUT2D eigenvalue weighted by Crippen LogP contribution is -2.21. The standard InChI is InChI=1S/C18H16O4/c1-3-15(19)12(2)22-16-11-7-10-14(18(16)21)17(20)13-8-5-4-6-9-13/h3-12,21H,1H2,2H3. The number of ketones is 2. The van der Waals surface area contributed by atoms with E-state index in [0.717, 1.165) is 6.08 Å². The molecule has 112 valence electrons. The highest BCUT2D eigenvalue weighted by Crippen LogP contribution is 2.32. The maximum Gasteiger partial charge on any atom is 0.196 e. The van der Waals surface area contributed by atoms with Crippen molar-refractivity contribution in [1.82, 2.24) is 0 Å². The molecule has 22 heavy (non-hydrogen) atoms. The molecule has 0 aromatic heterocycles. The number of hydrogen-bond acceptors (Lipinski definition) is 4. The molecule has 0 aliphatic rings. The van der Waals surface area contributed by atoms with Gasteiger partial charge in [-0.05, 0) is 25.1 Å². The molecular formula is C18H16O4. The minimum Gasteiger partial charge on any atom is -0.504 e. The molecule has 0 saturated carbocycles. The summed E-state index contributed by atoms with van der Waals surface area (Å²) in [5.74, 6) is -0.810. The minimum absolute atomic E-state index is 0.0875. The van der Waals surface area contributed by atoms with Crippen molar-refractivity contribution in [2.45, 2.75) is 13.0 Å². The lowest BCUT2D eigenvalue weighted by Gasteiger charge is -2.14. The van der Waals surface area contributed by atoms with Crippen LogP contribution in [0.25, 0.3) is 0 Å². The van der Waals surface area contributed by atoms with Crippen LogP contribution in [-0.2, 0) is 4.79 Å². The SMILES string of the molecule is C=CC(=O)C(C)Oc1cccc(C(=O)c2ccccc2)c1O. The number of carbonyl (C=O) groups is 2. The predicted molar refractivity (Wildman–Crippen MR) is 83.3 cm³/mol. The number of benzene rings is 2. The number of hydrogen-bond donors (Lipinski definition) is 1. The molecule has 0 amide bonds. The highest BCUT2D eigenvalue weighted by Gasteiger charge is 2.19. The van der Waals surface area contributed by atoms with Gasteiger partial charge < -0.3 is 9.84 Å². The van der Waals surface area contributed by atoms with Crippen molar-refractivity contribution in [3.63, 3.8) is 0 Å². The molecule has 0 bridgehead atoms. The van der Waals surface area contributed by atoms with Crippen LogP contribution in [0, 0.1) is 0 Å². The number of rotatable bonds is 6. The molecule has 0 aliphatic carbocycles. The van der Waals surface area contributed by atoms with E-state index in [0.29, 0.717) is 5.56 Å². The molecular weight excluding hydrogens is 280 g/mol. The van der Waals surface area contributed by atoms with Gasteiger partial charge >= 0.3 is 0 Å². The van der Waals surface area contributed by atoms with E-state index in [1.54, 1.807) is 43.3 Å². The quantitative estimate of drug-likeness (QED) is 0.657. The van der Waals surface area contributed by atoms with Crippen molar-refractivity contribution in [2.75, 3.05) is 0 Å². The van der Waals surface area contributed by atoms with Gasteiger partial charge in [-0.1, -0.05) is 43.0 Å². The number of para-hydroxylation sites is 1. The van der Waals surface area contributed by atoms with Crippen molar-refractivity contribution >= 4 is 11.6 Å². The fraction of sp³-hybridized carbons (Fsp3) is 0.111. The van der Waals surface area contributed by atoms with Crippen LogP contribution in [0.2, 0.25) is 0 Å². The Bertz CT molecular complexity index is 704. The molecule has 0 radical (unpaired) electrons. The molecule has 2 rings (SSSR count). The number of carbonyl (C=O) groups excluding carboxylic acids is 2. The van der Waals surface area contributed by atoms with Gasteiger partial charge in [-0.15, -0.1) is 0 Å². The van der Waals surface area contributed by atoms with Gasteiger partial charge in [0, 0.05) is 5.56 Å². The lowest BCUT2D eigenvalue weighted by atomic mass is 10.0. The molecule has 0 fully saturated rings. The monoisotopic (exact) mass is 296 g/mol. The first-order chi connectivity index (χ1) is 10.5. The maximum absolute atomic E-state index is 12.4. The number of aromatic hydroxyl groups is 1. The lowest BCUT2D eigenvalue weighted by molar-refractivity contribution is -0.120. The van der Waals surface area contributed by atoms with Crippen LogP contribution in [0.15, 0.2) is 61.2 Å². The van der Waals surface area contributed by atoms with Gasteiger partial charge in [0.1, 0.15) is 0 Å². The molecule has 0 spiro atoms. The van der Waals surface area contributed by atoms with Crippen LogP contribution < -0.4 is 4.74 Å². The third-order valence-electron chi connectivity index (χ3n) is 3.19. The van der Waals surface area contributed by atoms with Crippen LogP contribution >= 0.6 is 0 Å². The Morgan fingerprint density at radius 3 is 2.45 bits per heavy atom. The fourth-order valence-corrected chi connectivity index (χ4v) is 1.96. The topological polar surface area (TPSA) is 63.6 Å². The Kier molecular flexibility index (Phi) is 4.73. The van der Waals surface area contributed by atoms with Gasteiger partial charge in [-0.2, -0.15) is 0 Å². The molecule has 1 unspecified atom stereocenters. The molecule has 0 saturated heterocycles. The molecule has 0 heterocycles. The Morgan fingerprint density at radius 2 is 1.82 bits per heavy atom. The van der Waals surface area contributed by atoms with Gasteiger partial charge in [0.15, 0.2) is 29.2 Å². The Balaban J connectivity index is 2.32. The summed E-state index contributed by atoms with van der Waals surface area (Å²) in [4.78, 5) is 23.9. The second-order valence-corrected chi connectivity index (χ2v) is 4.71. The summed E-state index contributed by atoms with van der Waals surface area (Å²) in [7, 11) is 0. The van der Waals surface area contributed by atoms with Crippen LogP contribution in [0.1, 0.15) is 22.8 Å². The minimum atomic E-state index is -0.787. The second kappa shape index (κ2) is 6.72. The van der Waals surface area contributed by atoms with Crippen molar-refractivity contribution in [2.24, 2.45) is 0 Å². The maximum atomic E-state index is 12.4. The molecule has 1 atom stereocenters. The smallest absolute Gasteiger partial charge is 0.196 e. The summed E-state index contributed by atoms with van der Waals surface area (Å²) in [6.45, 7) is 4.94. The van der Waals surface area contributed by atoms with E-state index in [-0.39, 0.29) is 28.6 Å². The highest BCUT2D eigenvalue weighted by atomic mass is 16.5. The van der Waals surface area contributed by atoms with E-state index in [1.807, 2.05) is 0 Å². The van der Waals surface area contributed by atoms with Gasteiger partial charge in [0.05, 0.1) is 5.56 Å². The first-order valence-corrected chi connectivity index (χ1v) is 6.79. The van der Waals surface area contributed by atoms with Crippen molar-refractivity contribution in [3.05, 3.63) is 72.3 Å². The third-order valence-corrected chi connectivity index (χ3v) is 3.19. The summed E-state index contributed by atoms with van der Waals surface area (Å²) < 4.78 is 5.40. The van der Waals surface area contributed by atoms with E-state index in [2.05, 4.69) is 6.58 Å². The first-order valence-electron chi connectivity index (χ1n) is 6.79. The van der Waals surface area contributed by atoms with Crippen molar-refractivity contribution < 1.29 is 19.4 Å². The van der Waals surface area contributed by atoms with Crippen molar-refractivity contribution in [1.29, 1.82) is 0 Å². The summed E-state index contributed by atoms with van der Waals surface area (Å²) in [5, 5.41) is 10.2. The third kappa shape index (κ3) is 3.23. The molecule has 2 aromatic carbocycles. The Labute approximate surface area is 128 Å². The van der Waals surface area contributed by atoms with Crippen molar-refractivity contribution in [3.8, 4) is 11.5 Å². The van der Waals surface area contributed by atoms with Crippen LogP contribution in [-0.4, -0.2) is 22.8 Å². The van der Waals surface area contributed by atoms with Crippen LogP contribution in [0.4, 0.5) is 0 Å². The van der Waals surface area contributed by atoms with Crippen LogP contribution in [0.3, 0.4) is 0 Å². The second-order valence-electron chi connectivity index (χ2n) is 4.71. The Morgan fingerprint density at radius 1 is 1.14 bits per heavy atom. The molecule has 0 aliphatic heterocycles. The van der Waals surface area contributed by atoms with Gasteiger partial charge in [0.2, 0.25) is 0 Å². The summed E-state index contributed by atoms with van der Waals surface area (Å²) in [6, 6.07) is 13.2. The van der Waals surface area contributed by atoms with Gasteiger partial charge in [0.25, 0.3) is 0 Å². The first kappa shape index (κ1) is 15.5. The average Bonchev–Trinajstić information content (AvgIpc) is 2.56. The fourth-order valence-electron chi connectivity index (χ4n) is 1.96. The zero-order valence-corrected chi connectivity index (χ0v) is 12.2. The number of ether oxygens (including phenoxy) is 1. The van der Waals surface area contributed by atoms with E-state index in [9.17, 15) is 14.7 Å². The normalized spacial score (nSPS) is 11.5.